The summed E-state index contributed by atoms with van der Waals surface area (Å²) in [5, 5.41) is 3.01. The van der Waals surface area contributed by atoms with Crippen molar-refractivity contribution >= 4 is 17.7 Å². The first-order valence-electron chi connectivity index (χ1n) is 7.28. The monoisotopic (exact) mass is 314 g/mol. The van der Waals surface area contributed by atoms with Crippen LogP contribution in [0.1, 0.15) is 39.6 Å². The zero-order valence-electron chi connectivity index (χ0n) is 12.6. The molecule has 1 amide bonds. The van der Waals surface area contributed by atoms with Gasteiger partial charge in [-0.2, -0.15) is 0 Å². The smallest absolute Gasteiger partial charge is 0.257 e. The van der Waals surface area contributed by atoms with E-state index in [1.54, 1.807) is 6.92 Å². The highest BCUT2D eigenvalue weighted by Crippen LogP contribution is 2.36. The molecular formula is C17H18N2O2S. The SMILES string of the molecule is Cc1ccc2c(c1)[C@@H](NC(=O)c1c[nH]c(C)cc1=O)CCS2. The average Bonchev–Trinajstić information content (AvgIpc) is 2.47. The zero-order valence-corrected chi connectivity index (χ0v) is 13.4. The Hall–Kier alpha value is -2.01. The van der Waals surface area contributed by atoms with Crippen molar-refractivity contribution in [2.45, 2.75) is 31.2 Å². The molecule has 1 aromatic carbocycles. The Balaban J connectivity index is 1.87. The lowest BCUT2D eigenvalue weighted by Crippen LogP contribution is -2.33. The standard InChI is InChI=1S/C17H18N2O2S/c1-10-3-4-16-12(7-10)14(5-6-22-16)19-17(21)13-9-18-11(2)8-15(13)20/h3-4,7-9,14H,5-6H2,1-2H3,(H,18,20)(H,19,21)/t14-/m0/s1. The van der Waals surface area contributed by atoms with Crippen molar-refractivity contribution in [3.8, 4) is 0 Å². The molecule has 0 saturated heterocycles. The third-order valence-corrected chi connectivity index (χ3v) is 4.93. The van der Waals surface area contributed by atoms with E-state index in [-0.39, 0.29) is 22.9 Å². The van der Waals surface area contributed by atoms with Crippen molar-refractivity contribution in [3.63, 3.8) is 0 Å². The molecule has 0 unspecified atom stereocenters. The van der Waals surface area contributed by atoms with Crippen LogP contribution in [0.2, 0.25) is 0 Å². The summed E-state index contributed by atoms with van der Waals surface area (Å²) in [5.74, 6) is 0.649. The highest BCUT2D eigenvalue weighted by atomic mass is 32.2. The normalized spacial score (nSPS) is 16.9. The first-order chi connectivity index (χ1) is 10.5. The molecule has 0 fully saturated rings. The van der Waals surface area contributed by atoms with E-state index in [1.165, 1.54) is 22.7 Å². The van der Waals surface area contributed by atoms with Crippen molar-refractivity contribution < 1.29 is 4.79 Å². The fraction of sp³-hybridized carbons (Fsp3) is 0.294. The summed E-state index contributed by atoms with van der Waals surface area (Å²) in [5.41, 5.74) is 2.99. The molecule has 1 aromatic heterocycles. The van der Waals surface area contributed by atoms with Gasteiger partial charge in [0.1, 0.15) is 5.56 Å². The number of carbonyl (C=O) groups excluding carboxylic acids is 1. The number of hydrogen-bond donors (Lipinski definition) is 2. The number of hydrogen-bond acceptors (Lipinski definition) is 3. The number of aromatic nitrogens is 1. The van der Waals surface area contributed by atoms with Gasteiger partial charge in [0.15, 0.2) is 5.43 Å². The molecular weight excluding hydrogens is 296 g/mol. The maximum absolute atomic E-state index is 12.4. The van der Waals surface area contributed by atoms with E-state index in [9.17, 15) is 9.59 Å². The molecule has 2 N–H and O–H groups in total. The van der Waals surface area contributed by atoms with Crippen molar-refractivity contribution in [1.82, 2.24) is 10.3 Å². The second-order valence-electron chi connectivity index (χ2n) is 5.60. The van der Waals surface area contributed by atoms with E-state index in [0.29, 0.717) is 0 Å². The summed E-state index contributed by atoms with van der Waals surface area (Å²) in [6, 6.07) is 7.71. The van der Waals surface area contributed by atoms with Crippen LogP contribution in [0.15, 0.2) is 40.2 Å². The Kier molecular flexibility index (Phi) is 4.07. The second-order valence-corrected chi connectivity index (χ2v) is 6.74. The van der Waals surface area contributed by atoms with Crippen LogP contribution in [0.4, 0.5) is 0 Å². The van der Waals surface area contributed by atoms with Crippen molar-refractivity contribution in [3.05, 3.63) is 63.1 Å². The van der Waals surface area contributed by atoms with Crippen LogP contribution in [0.5, 0.6) is 0 Å². The first-order valence-corrected chi connectivity index (χ1v) is 8.26. The molecule has 1 aliphatic heterocycles. The van der Waals surface area contributed by atoms with Crippen LogP contribution in [0.25, 0.3) is 0 Å². The number of H-pyrrole nitrogens is 1. The highest BCUT2D eigenvalue weighted by Gasteiger charge is 2.23. The number of benzene rings is 1. The van der Waals surface area contributed by atoms with E-state index in [1.807, 2.05) is 18.7 Å². The summed E-state index contributed by atoms with van der Waals surface area (Å²) in [7, 11) is 0. The molecule has 114 valence electrons. The average molecular weight is 314 g/mol. The van der Waals surface area contributed by atoms with Gasteiger partial charge in [-0.05, 0) is 31.9 Å². The maximum atomic E-state index is 12.4. The number of nitrogens with one attached hydrogen (secondary N) is 2. The molecule has 3 rings (SSSR count). The third kappa shape index (κ3) is 2.95. The Morgan fingerprint density at radius 3 is 2.91 bits per heavy atom. The Labute approximate surface area is 133 Å². The van der Waals surface area contributed by atoms with E-state index in [4.69, 9.17) is 0 Å². The summed E-state index contributed by atoms with van der Waals surface area (Å²) in [6.07, 6.45) is 2.36. The van der Waals surface area contributed by atoms with Gasteiger partial charge in [-0.3, -0.25) is 9.59 Å². The number of carbonyl (C=O) groups is 1. The van der Waals surface area contributed by atoms with Crippen LogP contribution < -0.4 is 10.7 Å². The molecule has 0 radical (unpaired) electrons. The first kappa shape index (κ1) is 14.9. The van der Waals surface area contributed by atoms with E-state index in [2.05, 4.69) is 28.5 Å². The van der Waals surface area contributed by atoms with Crippen molar-refractivity contribution in [2.24, 2.45) is 0 Å². The van der Waals surface area contributed by atoms with E-state index in [0.717, 1.165) is 23.4 Å². The van der Waals surface area contributed by atoms with E-state index < -0.39 is 0 Å². The molecule has 0 bridgehead atoms. The maximum Gasteiger partial charge on any atom is 0.257 e. The van der Waals surface area contributed by atoms with Crippen LogP contribution in [-0.4, -0.2) is 16.6 Å². The van der Waals surface area contributed by atoms with Crippen LogP contribution in [0, 0.1) is 13.8 Å². The minimum absolute atomic E-state index is 0.0376. The Morgan fingerprint density at radius 1 is 1.32 bits per heavy atom. The summed E-state index contributed by atoms with van der Waals surface area (Å²) >= 11 is 1.81. The largest absolute Gasteiger partial charge is 0.364 e. The topological polar surface area (TPSA) is 62.0 Å². The summed E-state index contributed by atoms with van der Waals surface area (Å²) < 4.78 is 0. The lowest BCUT2D eigenvalue weighted by Gasteiger charge is -2.26. The number of thioether (sulfide) groups is 1. The van der Waals surface area contributed by atoms with Gasteiger partial charge in [-0.1, -0.05) is 17.7 Å². The third-order valence-electron chi connectivity index (χ3n) is 3.81. The predicted octanol–water partition coefficient (Wildman–Crippen LogP) is 2.96. The number of aromatic amines is 1. The molecule has 2 aromatic rings. The number of aryl methyl sites for hydroxylation is 2. The fourth-order valence-electron chi connectivity index (χ4n) is 2.65. The van der Waals surface area contributed by atoms with E-state index >= 15 is 0 Å². The molecule has 0 spiro atoms. The van der Waals surface area contributed by atoms with Gasteiger partial charge in [-0.25, -0.2) is 0 Å². The number of pyridine rings is 1. The molecule has 0 saturated carbocycles. The Bertz CT molecular complexity index is 782. The summed E-state index contributed by atoms with van der Waals surface area (Å²) in [6.45, 7) is 3.84. The van der Waals surface area contributed by atoms with Gasteiger partial charge < -0.3 is 10.3 Å². The van der Waals surface area contributed by atoms with Crippen LogP contribution in [-0.2, 0) is 0 Å². The molecule has 22 heavy (non-hydrogen) atoms. The highest BCUT2D eigenvalue weighted by molar-refractivity contribution is 7.99. The minimum atomic E-state index is -0.314. The number of rotatable bonds is 2. The van der Waals surface area contributed by atoms with Crippen molar-refractivity contribution in [1.29, 1.82) is 0 Å². The molecule has 1 aliphatic rings. The number of fused-ring (bicyclic) bond motifs is 1. The fourth-order valence-corrected chi connectivity index (χ4v) is 3.76. The second kappa shape index (κ2) is 6.01. The molecule has 4 nitrogen and oxygen atoms in total. The number of amides is 1. The quantitative estimate of drug-likeness (QED) is 0.896. The van der Waals surface area contributed by atoms with Gasteiger partial charge in [0.25, 0.3) is 5.91 Å². The van der Waals surface area contributed by atoms with Gasteiger partial charge in [0.2, 0.25) is 0 Å². The molecule has 2 heterocycles. The zero-order chi connectivity index (χ0) is 15.7. The Morgan fingerprint density at radius 2 is 2.14 bits per heavy atom. The van der Waals surface area contributed by atoms with Gasteiger partial charge in [0, 0.05) is 28.6 Å². The lowest BCUT2D eigenvalue weighted by molar-refractivity contribution is 0.0933. The van der Waals surface area contributed by atoms with Crippen LogP contribution in [0.3, 0.4) is 0 Å². The van der Waals surface area contributed by atoms with Crippen LogP contribution >= 0.6 is 11.8 Å². The summed E-state index contributed by atoms with van der Waals surface area (Å²) in [4.78, 5) is 28.5. The molecule has 1 atom stereocenters. The van der Waals surface area contributed by atoms with Crippen molar-refractivity contribution in [2.75, 3.05) is 5.75 Å². The van der Waals surface area contributed by atoms with Gasteiger partial charge >= 0.3 is 0 Å². The van der Waals surface area contributed by atoms with Gasteiger partial charge in [-0.15, -0.1) is 11.8 Å². The van der Waals surface area contributed by atoms with Gasteiger partial charge in [0.05, 0.1) is 6.04 Å². The predicted molar refractivity (Wildman–Crippen MR) is 88.5 cm³/mol. The molecule has 5 heteroatoms. The minimum Gasteiger partial charge on any atom is -0.364 e. The molecule has 0 aliphatic carbocycles. The lowest BCUT2D eigenvalue weighted by atomic mass is 10.0.